The highest BCUT2D eigenvalue weighted by molar-refractivity contribution is 4.99. The summed E-state index contributed by atoms with van der Waals surface area (Å²) in [4.78, 5) is 5.91. The summed E-state index contributed by atoms with van der Waals surface area (Å²) in [6.45, 7) is 19.1. The summed E-state index contributed by atoms with van der Waals surface area (Å²) < 4.78 is 0. The third-order valence-corrected chi connectivity index (χ3v) is 4.07. The van der Waals surface area contributed by atoms with E-state index in [1.165, 1.54) is 12.8 Å². The van der Waals surface area contributed by atoms with E-state index in [-0.39, 0.29) is 11.1 Å². The molecule has 2 nitrogen and oxygen atoms in total. The van der Waals surface area contributed by atoms with E-state index >= 15 is 0 Å². The van der Waals surface area contributed by atoms with Crippen molar-refractivity contribution in [1.82, 2.24) is 5.06 Å². The maximum absolute atomic E-state index is 5.91. The van der Waals surface area contributed by atoms with Crippen LogP contribution in [0.1, 0.15) is 68.2 Å². The average molecular weight is 241 g/mol. The molecule has 0 saturated carbocycles. The minimum atomic E-state index is 0.121. The molecule has 1 rings (SSSR count). The van der Waals surface area contributed by atoms with Gasteiger partial charge in [-0.3, -0.25) is 4.84 Å². The summed E-state index contributed by atoms with van der Waals surface area (Å²) in [6.07, 6.45) is 2.42. The zero-order valence-electron chi connectivity index (χ0n) is 13.1. The molecule has 0 aromatic carbocycles. The van der Waals surface area contributed by atoms with Crippen LogP contribution in [0.15, 0.2) is 0 Å². The zero-order chi connectivity index (χ0) is 13.5. The Morgan fingerprint density at radius 1 is 1.06 bits per heavy atom. The maximum atomic E-state index is 5.91. The normalized spacial score (nSPS) is 26.1. The van der Waals surface area contributed by atoms with Gasteiger partial charge in [-0.1, -0.05) is 20.8 Å². The summed E-state index contributed by atoms with van der Waals surface area (Å²) in [5.41, 5.74) is 0.623. The van der Waals surface area contributed by atoms with E-state index in [1.54, 1.807) is 0 Å². The van der Waals surface area contributed by atoms with Gasteiger partial charge in [0.2, 0.25) is 0 Å². The van der Waals surface area contributed by atoms with Gasteiger partial charge in [0.15, 0.2) is 0 Å². The van der Waals surface area contributed by atoms with Crippen molar-refractivity contribution in [3.8, 4) is 0 Å². The molecule has 1 fully saturated rings. The minimum Gasteiger partial charge on any atom is -0.298 e. The monoisotopic (exact) mass is 241 g/mol. The van der Waals surface area contributed by atoms with Crippen molar-refractivity contribution in [2.75, 3.05) is 6.61 Å². The van der Waals surface area contributed by atoms with Crippen molar-refractivity contribution in [2.45, 2.75) is 79.3 Å². The Morgan fingerprint density at radius 3 is 1.76 bits per heavy atom. The van der Waals surface area contributed by atoms with Crippen LogP contribution in [0.4, 0.5) is 0 Å². The van der Waals surface area contributed by atoms with Crippen molar-refractivity contribution in [1.29, 1.82) is 0 Å². The van der Waals surface area contributed by atoms with Crippen LogP contribution in [0, 0.1) is 11.3 Å². The molecule has 2 heteroatoms. The van der Waals surface area contributed by atoms with Crippen molar-refractivity contribution < 1.29 is 4.84 Å². The first-order valence-corrected chi connectivity index (χ1v) is 6.94. The highest BCUT2D eigenvalue weighted by Gasteiger charge is 2.48. The molecule has 0 radical (unpaired) electrons. The van der Waals surface area contributed by atoms with Gasteiger partial charge in [-0.15, -0.1) is 0 Å². The molecule has 1 saturated heterocycles. The van der Waals surface area contributed by atoms with Gasteiger partial charge in [0.25, 0.3) is 0 Å². The molecule has 0 amide bonds. The maximum Gasteiger partial charge on any atom is 0.0657 e. The van der Waals surface area contributed by atoms with Gasteiger partial charge >= 0.3 is 0 Å². The molecule has 1 aliphatic rings. The molecule has 1 aliphatic heterocycles. The molecular formula is C15H31NO. The fraction of sp³-hybridized carbons (Fsp3) is 1.00. The van der Waals surface area contributed by atoms with Crippen molar-refractivity contribution >= 4 is 0 Å². The summed E-state index contributed by atoms with van der Waals surface area (Å²) in [5, 5.41) is 2.24. The molecule has 102 valence electrons. The molecule has 0 bridgehead atoms. The second-order valence-electron chi connectivity index (χ2n) is 7.81. The summed E-state index contributed by atoms with van der Waals surface area (Å²) in [7, 11) is 0. The molecule has 0 aliphatic carbocycles. The van der Waals surface area contributed by atoms with Crippen LogP contribution in [0.2, 0.25) is 0 Å². The lowest BCUT2D eigenvalue weighted by molar-refractivity contribution is -0.289. The van der Waals surface area contributed by atoms with E-state index in [9.17, 15) is 0 Å². The summed E-state index contributed by atoms with van der Waals surface area (Å²) in [6, 6.07) is 0. The third kappa shape index (κ3) is 3.23. The second-order valence-corrected chi connectivity index (χ2v) is 7.81. The Hall–Kier alpha value is -0.0800. The van der Waals surface area contributed by atoms with E-state index in [2.05, 4.69) is 60.5 Å². The Balaban J connectivity index is 2.96. The molecule has 1 heterocycles. The topological polar surface area (TPSA) is 12.5 Å². The van der Waals surface area contributed by atoms with E-state index in [4.69, 9.17) is 4.84 Å². The van der Waals surface area contributed by atoms with Crippen LogP contribution in [-0.4, -0.2) is 22.7 Å². The quantitative estimate of drug-likeness (QED) is 0.716. The fourth-order valence-electron chi connectivity index (χ4n) is 3.35. The van der Waals surface area contributed by atoms with Crippen molar-refractivity contribution in [3.05, 3.63) is 0 Å². The van der Waals surface area contributed by atoms with Crippen LogP contribution < -0.4 is 0 Å². The van der Waals surface area contributed by atoms with Crippen molar-refractivity contribution in [2.24, 2.45) is 11.3 Å². The van der Waals surface area contributed by atoms with E-state index in [1.807, 2.05) is 0 Å². The first-order valence-electron chi connectivity index (χ1n) is 6.94. The summed E-state index contributed by atoms with van der Waals surface area (Å²) in [5.74, 6) is 0.754. The van der Waals surface area contributed by atoms with Crippen LogP contribution in [0.5, 0.6) is 0 Å². The van der Waals surface area contributed by atoms with Gasteiger partial charge in [-0.2, -0.15) is 5.06 Å². The Labute approximate surface area is 108 Å². The minimum absolute atomic E-state index is 0.121. The number of rotatable bonds is 2. The molecule has 0 aromatic heterocycles. The predicted octanol–water partition coefficient (Wildman–Crippen LogP) is 4.25. The fourth-order valence-corrected chi connectivity index (χ4v) is 3.35. The Bertz CT molecular complexity index is 245. The van der Waals surface area contributed by atoms with Gasteiger partial charge in [0.1, 0.15) is 0 Å². The number of hydrogen-bond acceptors (Lipinski definition) is 2. The molecule has 17 heavy (non-hydrogen) atoms. The van der Waals surface area contributed by atoms with Crippen LogP contribution in [0.25, 0.3) is 0 Å². The van der Waals surface area contributed by atoms with Gasteiger partial charge in [-0.25, -0.2) is 0 Å². The smallest absolute Gasteiger partial charge is 0.0657 e. The second kappa shape index (κ2) is 4.55. The van der Waals surface area contributed by atoms with Gasteiger partial charge in [0, 0.05) is 11.1 Å². The number of piperidine rings is 1. The standard InChI is InChI=1S/C15H31NO/c1-9-17-16-14(5,6)10-12(13(2,3)4)11-15(16,7)8/h12H,9-11H2,1-8H3. The average Bonchev–Trinajstić information content (AvgIpc) is 2.08. The largest absolute Gasteiger partial charge is 0.298 e. The number of nitrogens with zero attached hydrogens (tertiary/aromatic N) is 1. The zero-order valence-corrected chi connectivity index (χ0v) is 13.1. The van der Waals surface area contributed by atoms with Crippen LogP contribution in [-0.2, 0) is 4.84 Å². The first-order chi connectivity index (χ1) is 7.50. The predicted molar refractivity (Wildman–Crippen MR) is 73.8 cm³/mol. The Kier molecular flexibility index (Phi) is 4.01. The van der Waals surface area contributed by atoms with E-state index in [0.717, 1.165) is 12.5 Å². The Morgan fingerprint density at radius 2 is 1.47 bits per heavy atom. The first kappa shape index (κ1) is 15.0. The molecule has 0 N–H and O–H groups in total. The lowest BCUT2D eigenvalue weighted by Crippen LogP contribution is -2.61. The summed E-state index contributed by atoms with van der Waals surface area (Å²) >= 11 is 0. The van der Waals surface area contributed by atoms with Gasteiger partial charge < -0.3 is 0 Å². The SMILES string of the molecule is CCON1C(C)(C)CC(C(C)(C)C)CC1(C)C. The lowest BCUT2D eigenvalue weighted by atomic mass is 9.65. The number of hydroxylamine groups is 2. The number of hydrogen-bond donors (Lipinski definition) is 0. The van der Waals surface area contributed by atoms with Gasteiger partial charge in [0.05, 0.1) is 6.61 Å². The molecule has 0 atom stereocenters. The van der Waals surface area contributed by atoms with Crippen molar-refractivity contribution in [3.63, 3.8) is 0 Å². The molecule has 0 spiro atoms. The molecule has 0 aromatic rings. The lowest BCUT2D eigenvalue weighted by Gasteiger charge is -2.56. The molecular weight excluding hydrogens is 210 g/mol. The van der Waals surface area contributed by atoms with Crippen LogP contribution >= 0.6 is 0 Å². The highest BCUT2D eigenvalue weighted by Crippen LogP contribution is 2.47. The highest BCUT2D eigenvalue weighted by atomic mass is 16.7. The van der Waals surface area contributed by atoms with E-state index < -0.39 is 0 Å². The third-order valence-electron chi connectivity index (χ3n) is 4.07. The van der Waals surface area contributed by atoms with Crippen LogP contribution in [0.3, 0.4) is 0 Å². The van der Waals surface area contributed by atoms with Gasteiger partial charge in [-0.05, 0) is 58.8 Å². The molecule has 0 unspecified atom stereocenters. The van der Waals surface area contributed by atoms with E-state index in [0.29, 0.717) is 5.41 Å².